The number of fused-ring (bicyclic) bond motifs is 11. The van der Waals surface area contributed by atoms with Crippen molar-refractivity contribution in [2.75, 3.05) is 0 Å². The van der Waals surface area contributed by atoms with E-state index in [4.69, 9.17) is 0 Å². The molecule has 238 valence electrons. The highest BCUT2D eigenvalue weighted by Gasteiger charge is 2.79. The molecule has 0 saturated carbocycles. The van der Waals surface area contributed by atoms with Crippen molar-refractivity contribution < 1.29 is 26.5 Å². The van der Waals surface area contributed by atoms with Crippen LogP contribution in [0.15, 0.2) is 67.0 Å². The van der Waals surface area contributed by atoms with Gasteiger partial charge in [-0.2, -0.15) is 27.2 Å². The number of rotatable bonds is 5. The topological polar surface area (TPSA) is 25.3 Å². The Morgan fingerprint density at radius 1 is 0.915 bits per heavy atom. The van der Waals surface area contributed by atoms with Crippen LogP contribution >= 0.6 is 0 Å². The SMILES string of the molecule is CCCCc1ccc2c3c4[n+](ccc13)C1(CC)c3c([n+]5ccccc5c5cc(C(F)(F)F)nn35)C1(CC)c1ccc(F)c(c1-4)C2(C)C. The number of aryl methyl sites for hydroxylation is 1. The van der Waals surface area contributed by atoms with Gasteiger partial charge in [-0.1, -0.05) is 59.2 Å². The van der Waals surface area contributed by atoms with Gasteiger partial charge in [0.25, 0.3) is 0 Å². The van der Waals surface area contributed by atoms with Gasteiger partial charge in [0.1, 0.15) is 11.3 Å². The molecule has 0 fully saturated rings. The van der Waals surface area contributed by atoms with Gasteiger partial charge < -0.3 is 0 Å². The summed E-state index contributed by atoms with van der Waals surface area (Å²) in [6.45, 7) is 10.7. The van der Waals surface area contributed by atoms with E-state index >= 15 is 4.39 Å². The van der Waals surface area contributed by atoms with Crippen LogP contribution < -0.4 is 8.97 Å². The molecule has 9 rings (SSSR count). The third-order valence-corrected chi connectivity index (χ3v) is 11.9. The Morgan fingerprint density at radius 3 is 2.43 bits per heavy atom. The lowest BCUT2D eigenvalue weighted by atomic mass is 9.46. The average molecular weight is 637 g/mol. The minimum Gasteiger partial charge on any atom is -0.217 e. The number of pyridine rings is 2. The standard InChI is InChI=1S/C39H36F4N4/c1-6-9-12-22-14-15-24-30-23(22)18-20-46-33(30)31-25(16-17-26(40)32(31)36(24,4)5)37(7-2)34-35(38(37,46)8-3)47-28(21-29(44-47)39(41,42)43)27-13-10-11-19-45(27)34/h10-11,13-21H,6-9,12H2,1-5H3/q+2. The Kier molecular flexibility index (Phi) is 5.51. The normalized spacial score (nSPS) is 21.6. The molecule has 2 atom stereocenters. The van der Waals surface area contributed by atoms with E-state index in [9.17, 15) is 13.2 Å². The summed E-state index contributed by atoms with van der Waals surface area (Å²) in [4.78, 5) is 0. The van der Waals surface area contributed by atoms with E-state index in [1.54, 1.807) is 10.6 Å². The first-order chi connectivity index (χ1) is 22.5. The van der Waals surface area contributed by atoms with Crippen molar-refractivity contribution in [3.8, 4) is 11.3 Å². The number of aromatic nitrogens is 4. The molecule has 0 spiro atoms. The van der Waals surface area contributed by atoms with Crippen molar-refractivity contribution in [3.63, 3.8) is 0 Å². The van der Waals surface area contributed by atoms with Gasteiger partial charge >= 0.3 is 6.18 Å². The minimum absolute atomic E-state index is 0.234. The minimum atomic E-state index is -4.60. The van der Waals surface area contributed by atoms with Gasteiger partial charge in [0.2, 0.25) is 22.4 Å². The van der Waals surface area contributed by atoms with Crippen LogP contribution in [0.1, 0.15) is 99.6 Å². The number of hydrogen-bond donors (Lipinski definition) is 0. The molecule has 5 heterocycles. The van der Waals surface area contributed by atoms with Gasteiger partial charge in [0, 0.05) is 41.7 Å². The van der Waals surface area contributed by atoms with Crippen molar-refractivity contribution in [2.45, 2.75) is 89.3 Å². The summed E-state index contributed by atoms with van der Waals surface area (Å²) in [6.07, 6.45) is 3.83. The summed E-state index contributed by atoms with van der Waals surface area (Å²) in [7, 11) is 0. The van der Waals surface area contributed by atoms with Crippen molar-refractivity contribution in [3.05, 3.63) is 112 Å². The third-order valence-electron chi connectivity index (χ3n) is 11.9. The molecule has 0 saturated heterocycles. The second kappa shape index (κ2) is 8.97. The van der Waals surface area contributed by atoms with Gasteiger partial charge in [0.15, 0.2) is 29.2 Å². The summed E-state index contributed by atoms with van der Waals surface area (Å²) in [5.74, 6) is -0.234. The Bertz CT molecular complexity index is 2370. The van der Waals surface area contributed by atoms with E-state index in [0.717, 1.165) is 58.4 Å². The summed E-state index contributed by atoms with van der Waals surface area (Å²) in [5.41, 5.74) is 5.71. The van der Waals surface area contributed by atoms with E-state index in [1.165, 1.54) is 17.0 Å². The molecular formula is C39H36F4N4+2. The van der Waals surface area contributed by atoms with Crippen LogP contribution in [-0.4, -0.2) is 9.61 Å². The first-order valence-corrected chi connectivity index (χ1v) is 16.8. The summed E-state index contributed by atoms with van der Waals surface area (Å²) in [5, 5.41) is 6.60. The summed E-state index contributed by atoms with van der Waals surface area (Å²) >= 11 is 0. The Balaban J connectivity index is 1.54. The molecule has 0 N–H and O–H groups in total. The number of alkyl halides is 3. The molecule has 2 aliphatic carbocycles. The average Bonchev–Trinajstić information content (AvgIpc) is 3.49. The Morgan fingerprint density at radius 2 is 1.70 bits per heavy atom. The summed E-state index contributed by atoms with van der Waals surface area (Å²) in [6, 6.07) is 17.0. The lowest BCUT2D eigenvalue weighted by Gasteiger charge is -2.55. The van der Waals surface area contributed by atoms with Gasteiger partial charge in [-0.05, 0) is 53.5 Å². The molecule has 6 aromatic rings. The van der Waals surface area contributed by atoms with Gasteiger partial charge in [-0.3, -0.25) is 0 Å². The molecule has 1 aliphatic heterocycles. The molecule has 47 heavy (non-hydrogen) atoms. The maximum Gasteiger partial charge on any atom is 0.435 e. The van der Waals surface area contributed by atoms with E-state index in [2.05, 4.69) is 73.1 Å². The predicted octanol–water partition coefficient (Wildman–Crippen LogP) is 8.50. The largest absolute Gasteiger partial charge is 0.435 e. The molecule has 0 radical (unpaired) electrons. The molecule has 4 aromatic heterocycles. The number of nitrogens with zero attached hydrogens (tertiary/aromatic N) is 4. The highest BCUT2D eigenvalue weighted by atomic mass is 19.4. The van der Waals surface area contributed by atoms with Crippen molar-refractivity contribution in [2.24, 2.45) is 0 Å². The van der Waals surface area contributed by atoms with Crippen molar-refractivity contribution >= 4 is 21.8 Å². The fourth-order valence-corrected chi connectivity index (χ4v) is 10.1. The quantitative estimate of drug-likeness (QED) is 0.138. The van der Waals surface area contributed by atoms with Crippen molar-refractivity contribution in [1.29, 1.82) is 0 Å². The van der Waals surface area contributed by atoms with Crippen LogP contribution in [-0.2, 0) is 29.0 Å². The lowest BCUT2D eigenvalue weighted by Crippen LogP contribution is -2.79. The molecule has 0 bridgehead atoms. The van der Waals surface area contributed by atoms with E-state index in [-0.39, 0.29) is 5.82 Å². The Hall–Kier alpha value is -4.33. The number of hydrogen-bond acceptors (Lipinski definition) is 1. The number of halogens is 4. The van der Waals surface area contributed by atoms with Gasteiger partial charge in [0.05, 0.1) is 10.9 Å². The number of benzene rings is 2. The fourth-order valence-electron chi connectivity index (χ4n) is 10.1. The molecule has 0 amide bonds. The van der Waals surface area contributed by atoms with Gasteiger partial charge in [-0.25, -0.2) is 8.91 Å². The summed E-state index contributed by atoms with van der Waals surface area (Å²) < 4.78 is 65.3. The highest BCUT2D eigenvalue weighted by Crippen LogP contribution is 2.66. The zero-order chi connectivity index (χ0) is 32.8. The van der Waals surface area contributed by atoms with E-state index in [1.807, 2.05) is 30.5 Å². The maximum absolute atomic E-state index is 16.4. The lowest BCUT2D eigenvalue weighted by molar-refractivity contribution is -0.769. The van der Waals surface area contributed by atoms with Crippen LogP contribution in [0.3, 0.4) is 0 Å². The van der Waals surface area contributed by atoms with E-state index in [0.29, 0.717) is 29.4 Å². The zero-order valence-corrected chi connectivity index (χ0v) is 27.2. The number of unbranched alkanes of at least 4 members (excludes halogenated alkanes) is 1. The van der Waals surface area contributed by atoms with Crippen LogP contribution in [0, 0.1) is 5.82 Å². The fraction of sp³-hybridized carbons (Fsp3) is 0.359. The van der Waals surface area contributed by atoms with E-state index < -0.39 is 28.2 Å². The van der Waals surface area contributed by atoms with Crippen LogP contribution in [0.4, 0.5) is 17.6 Å². The molecule has 8 heteroatoms. The Labute approximate surface area is 270 Å². The van der Waals surface area contributed by atoms with Crippen LogP contribution in [0.25, 0.3) is 33.1 Å². The van der Waals surface area contributed by atoms with Gasteiger partial charge in [-0.15, -0.1) is 0 Å². The van der Waals surface area contributed by atoms with Crippen molar-refractivity contribution in [1.82, 2.24) is 9.61 Å². The second-order valence-corrected chi connectivity index (χ2v) is 14.1. The van der Waals surface area contributed by atoms with Crippen LogP contribution in [0.2, 0.25) is 0 Å². The zero-order valence-electron chi connectivity index (χ0n) is 27.2. The van der Waals surface area contributed by atoms with Crippen LogP contribution in [0.5, 0.6) is 0 Å². The third kappa shape index (κ3) is 3.05. The predicted molar refractivity (Wildman–Crippen MR) is 172 cm³/mol. The smallest absolute Gasteiger partial charge is 0.217 e. The maximum atomic E-state index is 16.4. The molecule has 2 aromatic carbocycles. The molecule has 4 nitrogen and oxygen atoms in total. The second-order valence-electron chi connectivity index (χ2n) is 14.1. The first kappa shape index (κ1) is 28.9. The highest BCUT2D eigenvalue weighted by molar-refractivity contribution is 6.03. The first-order valence-electron chi connectivity index (χ1n) is 16.8. The molecular weight excluding hydrogens is 600 g/mol. The monoisotopic (exact) mass is 636 g/mol. The molecule has 2 unspecified atom stereocenters. The molecule has 3 aliphatic rings.